The van der Waals surface area contributed by atoms with Crippen molar-refractivity contribution in [2.24, 2.45) is 0 Å². The van der Waals surface area contributed by atoms with Gasteiger partial charge in [0.05, 0.1) is 17.6 Å². The van der Waals surface area contributed by atoms with E-state index >= 15 is 0 Å². The molecule has 1 aliphatic heterocycles. The molecule has 0 radical (unpaired) electrons. The molecule has 1 fully saturated rings. The van der Waals surface area contributed by atoms with Gasteiger partial charge in [0, 0.05) is 0 Å². The molecule has 5 nitrogen and oxygen atoms in total. The van der Waals surface area contributed by atoms with E-state index < -0.39 is 22.0 Å². The Morgan fingerprint density at radius 1 is 1.30 bits per heavy atom. The molecule has 0 aromatic heterocycles. The average Bonchev–Trinajstić information content (AvgIpc) is 2.61. The van der Waals surface area contributed by atoms with E-state index in [1.165, 1.54) is 0 Å². The minimum absolute atomic E-state index is 0.141. The molecule has 2 rings (SSSR count). The van der Waals surface area contributed by atoms with Gasteiger partial charge < -0.3 is 14.9 Å². The number of hydrogen-bond donors (Lipinski definition) is 2. The highest BCUT2D eigenvalue weighted by Crippen LogP contribution is 2.21. The van der Waals surface area contributed by atoms with Gasteiger partial charge in [-0.2, -0.15) is 0 Å². The van der Waals surface area contributed by atoms with Crippen LogP contribution in [0.2, 0.25) is 0 Å². The zero-order chi connectivity index (χ0) is 14.8. The summed E-state index contributed by atoms with van der Waals surface area (Å²) in [4.78, 5) is 0. The van der Waals surface area contributed by atoms with Crippen LogP contribution in [0.25, 0.3) is 0 Å². The number of ether oxygens (including phenoxy) is 1. The Hall–Kier alpha value is -1.11. The Kier molecular flexibility index (Phi) is 4.67. The maximum atomic E-state index is 11.4. The molecule has 6 heteroatoms. The fourth-order valence-corrected chi connectivity index (χ4v) is 3.86. The summed E-state index contributed by atoms with van der Waals surface area (Å²) >= 11 is 0. The lowest BCUT2D eigenvalue weighted by molar-refractivity contribution is 0.0738. The van der Waals surface area contributed by atoms with Crippen LogP contribution in [-0.4, -0.2) is 48.4 Å². The summed E-state index contributed by atoms with van der Waals surface area (Å²) in [6.45, 7) is 1.75. The zero-order valence-corrected chi connectivity index (χ0v) is 12.2. The molecule has 2 N–H and O–H groups in total. The second kappa shape index (κ2) is 6.11. The van der Waals surface area contributed by atoms with Gasteiger partial charge in [0.15, 0.2) is 9.84 Å². The number of benzene rings is 1. The Balaban J connectivity index is 1.94. The quantitative estimate of drug-likeness (QED) is 0.829. The molecule has 0 spiro atoms. The molecular formula is C14H20O5S. The molecule has 1 aliphatic rings. The van der Waals surface area contributed by atoms with Crippen LogP contribution in [0.3, 0.4) is 0 Å². The molecule has 0 amide bonds. The summed E-state index contributed by atoms with van der Waals surface area (Å²) < 4.78 is 28.3. The van der Waals surface area contributed by atoms with Crippen LogP contribution >= 0.6 is 0 Å². The van der Waals surface area contributed by atoms with Gasteiger partial charge in [-0.25, -0.2) is 8.42 Å². The summed E-state index contributed by atoms with van der Waals surface area (Å²) in [6, 6.07) is 7.28. The summed E-state index contributed by atoms with van der Waals surface area (Å²) in [5.74, 6) is 0.175. The molecule has 3 atom stereocenters. The van der Waals surface area contributed by atoms with Crippen LogP contribution in [0.4, 0.5) is 0 Å². The lowest BCUT2D eigenvalue weighted by Gasteiger charge is -2.16. The number of aliphatic hydroxyl groups excluding tert-OH is 2. The van der Waals surface area contributed by atoms with Crippen molar-refractivity contribution in [1.82, 2.24) is 0 Å². The van der Waals surface area contributed by atoms with Crippen molar-refractivity contribution >= 4 is 9.84 Å². The number of aryl methyl sites for hydroxylation is 1. The van der Waals surface area contributed by atoms with Crippen molar-refractivity contribution in [1.29, 1.82) is 0 Å². The van der Waals surface area contributed by atoms with E-state index in [1.807, 2.05) is 12.1 Å². The van der Waals surface area contributed by atoms with E-state index in [9.17, 15) is 18.6 Å². The second-order valence-corrected chi connectivity index (χ2v) is 7.49. The van der Waals surface area contributed by atoms with E-state index in [2.05, 4.69) is 0 Å². The first-order valence-electron chi connectivity index (χ1n) is 6.68. The largest absolute Gasteiger partial charge is 0.487 e. The fraction of sp³-hybridized carbons (Fsp3) is 0.571. The van der Waals surface area contributed by atoms with E-state index in [-0.39, 0.29) is 17.6 Å². The monoisotopic (exact) mass is 300 g/mol. The number of rotatable bonds is 5. The van der Waals surface area contributed by atoms with Gasteiger partial charge in [-0.05, 0) is 37.5 Å². The highest BCUT2D eigenvalue weighted by molar-refractivity contribution is 7.91. The maximum absolute atomic E-state index is 11.4. The first kappa shape index (κ1) is 15.3. The summed E-state index contributed by atoms with van der Waals surface area (Å²) in [5.41, 5.74) is 1.08. The van der Waals surface area contributed by atoms with E-state index in [4.69, 9.17) is 4.74 Å². The SMILES string of the molecule is CC(O)CCc1ccc(OC2CS(=O)(=O)CC2O)cc1. The first-order valence-corrected chi connectivity index (χ1v) is 8.50. The summed E-state index contributed by atoms with van der Waals surface area (Å²) in [5, 5.41) is 18.9. The summed E-state index contributed by atoms with van der Waals surface area (Å²) in [6.07, 6.45) is -0.513. The van der Waals surface area contributed by atoms with Crippen molar-refractivity contribution in [3.8, 4) is 5.75 Å². The van der Waals surface area contributed by atoms with Crippen LogP contribution < -0.4 is 4.74 Å². The Morgan fingerprint density at radius 3 is 2.45 bits per heavy atom. The normalized spacial score (nSPS) is 26.4. The van der Waals surface area contributed by atoms with Gasteiger partial charge in [-0.3, -0.25) is 0 Å². The molecule has 20 heavy (non-hydrogen) atoms. The highest BCUT2D eigenvalue weighted by atomic mass is 32.2. The maximum Gasteiger partial charge on any atom is 0.156 e. The molecule has 112 valence electrons. The number of sulfone groups is 1. The Morgan fingerprint density at radius 2 is 1.95 bits per heavy atom. The second-order valence-electron chi connectivity index (χ2n) is 5.33. The van der Waals surface area contributed by atoms with Gasteiger partial charge in [0.1, 0.15) is 18.0 Å². The van der Waals surface area contributed by atoms with Crippen LogP contribution in [0, 0.1) is 0 Å². The molecule has 1 aromatic rings. The third-order valence-electron chi connectivity index (χ3n) is 3.33. The van der Waals surface area contributed by atoms with Crippen LogP contribution in [0.1, 0.15) is 18.9 Å². The van der Waals surface area contributed by atoms with E-state index in [0.29, 0.717) is 12.2 Å². The van der Waals surface area contributed by atoms with Crippen molar-refractivity contribution in [3.05, 3.63) is 29.8 Å². The molecule has 0 aliphatic carbocycles. The van der Waals surface area contributed by atoms with Crippen molar-refractivity contribution in [3.63, 3.8) is 0 Å². The lowest BCUT2D eigenvalue weighted by Crippen LogP contribution is -2.29. The van der Waals surface area contributed by atoms with Crippen molar-refractivity contribution in [2.75, 3.05) is 11.5 Å². The Labute approximate surface area is 119 Å². The van der Waals surface area contributed by atoms with Gasteiger partial charge in [0.2, 0.25) is 0 Å². The first-order chi connectivity index (χ1) is 9.35. The van der Waals surface area contributed by atoms with Gasteiger partial charge in [-0.1, -0.05) is 12.1 Å². The summed E-state index contributed by atoms with van der Waals surface area (Å²) in [7, 11) is -3.19. The van der Waals surface area contributed by atoms with Crippen LogP contribution in [-0.2, 0) is 16.3 Å². The van der Waals surface area contributed by atoms with Gasteiger partial charge in [0.25, 0.3) is 0 Å². The smallest absolute Gasteiger partial charge is 0.156 e. The molecule has 0 saturated carbocycles. The fourth-order valence-electron chi connectivity index (χ4n) is 2.19. The third kappa shape index (κ3) is 4.19. The minimum atomic E-state index is -3.19. The predicted octanol–water partition coefficient (Wildman–Crippen LogP) is 0.537. The van der Waals surface area contributed by atoms with Gasteiger partial charge >= 0.3 is 0 Å². The van der Waals surface area contributed by atoms with Crippen LogP contribution in [0.15, 0.2) is 24.3 Å². The molecule has 0 bridgehead atoms. The number of aliphatic hydroxyl groups is 2. The average molecular weight is 300 g/mol. The molecule has 1 aromatic carbocycles. The van der Waals surface area contributed by atoms with E-state index in [1.54, 1.807) is 19.1 Å². The molecule has 3 unspecified atom stereocenters. The molecular weight excluding hydrogens is 280 g/mol. The minimum Gasteiger partial charge on any atom is -0.487 e. The van der Waals surface area contributed by atoms with Crippen molar-refractivity contribution in [2.45, 2.75) is 38.1 Å². The molecule has 1 saturated heterocycles. The third-order valence-corrected chi connectivity index (χ3v) is 5.02. The lowest BCUT2D eigenvalue weighted by atomic mass is 10.1. The topological polar surface area (TPSA) is 83.8 Å². The van der Waals surface area contributed by atoms with Crippen LogP contribution in [0.5, 0.6) is 5.75 Å². The van der Waals surface area contributed by atoms with E-state index in [0.717, 1.165) is 12.0 Å². The number of hydrogen-bond acceptors (Lipinski definition) is 5. The standard InChI is InChI=1S/C14H20O5S/c1-10(15)2-3-11-4-6-12(7-5-11)19-14-9-20(17,18)8-13(14)16/h4-7,10,13-16H,2-3,8-9H2,1H3. The van der Waals surface area contributed by atoms with Gasteiger partial charge in [-0.15, -0.1) is 0 Å². The van der Waals surface area contributed by atoms with Crippen molar-refractivity contribution < 1.29 is 23.4 Å². The zero-order valence-electron chi connectivity index (χ0n) is 11.4. The highest BCUT2D eigenvalue weighted by Gasteiger charge is 2.38. The molecule has 1 heterocycles. The Bertz CT molecular complexity index is 535. The predicted molar refractivity (Wildman–Crippen MR) is 75.5 cm³/mol.